The van der Waals surface area contributed by atoms with Gasteiger partial charge in [0.05, 0.1) is 6.61 Å². The van der Waals surface area contributed by atoms with Crippen LogP contribution in [0.5, 0.6) is 0 Å². The molecule has 1 saturated heterocycles. The number of unbranched alkanes of at least 4 members (excludes halogenated alkanes) is 1. The molecule has 0 spiro atoms. The molecule has 0 aromatic heterocycles. The third-order valence-electron chi connectivity index (χ3n) is 4.00. The lowest BCUT2D eigenvalue weighted by Crippen LogP contribution is -2.52. The maximum Gasteiger partial charge on any atom is 0.408 e. The van der Waals surface area contributed by atoms with Crippen molar-refractivity contribution in [3.05, 3.63) is 25.3 Å². The molecule has 1 aliphatic heterocycles. The Morgan fingerprint density at radius 2 is 1.96 bits per heavy atom. The van der Waals surface area contributed by atoms with Gasteiger partial charge >= 0.3 is 12.1 Å². The Kier molecular flexibility index (Phi) is 9.05. The Balaban J connectivity index is 2.72. The van der Waals surface area contributed by atoms with Crippen molar-refractivity contribution in [3.8, 4) is 0 Å². The van der Waals surface area contributed by atoms with Gasteiger partial charge in [-0.3, -0.25) is 4.79 Å². The zero-order chi connectivity index (χ0) is 20.4. The van der Waals surface area contributed by atoms with Crippen LogP contribution >= 0.6 is 0 Å². The molecule has 0 aromatic carbocycles. The number of likely N-dealkylation sites (tertiary alicyclic amines) is 1. The van der Waals surface area contributed by atoms with E-state index in [1.54, 1.807) is 32.9 Å². The van der Waals surface area contributed by atoms with E-state index in [0.717, 1.165) is 6.42 Å². The summed E-state index contributed by atoms with van der Waals surface area (Å²) < 4.78 is 10.5. The molecule has 7 nitrogen and oxygen atoms in total. The Labute approximate surface area is 161 Å². The molecule has 2 amide bonds. The molecule has 27 heavy (non-hydrogen) atoms. The topological polar surface area (TPSA) is 84.9 Å². The van der Waals surface area contributed by atoms with Crippen molar-refractivity contribution in [2.24, 2.45) is 0 Å². The highest BCUT2D eigenvalue weighted by Gasteiger charge is 2.38. The number of carbonyl (C=O) groups excluding carboxylic acids is 3. The second-order valence-electron chi connectivity index (χ2n) is 7.51. The summed E-state index contributed by atoms with van der Waals surface area (Å²) in [5.41, 5.74) is -0.669. The molecule has 1 rings (SSSR count). The summed E-state index contributed by atoms with van der Waals surface area (Å²) in [6.45, 7) is 13.3. The Morgan fingerprint density at radius 3 is 2.56 bits per heavy atom. The quantitative estimate of drug-likeness (QED) is 0.378. The fourth-order valence-corrected chi connectivity index (χ4v) is 2.81. The van der Waals surface area contributed by atoms with Crippen molar-refractivity contribution in [2.45, 2.75) is 70.6 Å². The van der Waals surface area contributed by atoms with E-state index in [-0.39, 0.29) is 12.3 Å². The van der Waals surface area contributed by atoms with Gasteiger partial charge in [0, 0.05) is 6.54 Å². The van der Waals surface area contributed by atoms with Crippen molar-refractivity contribution < 1.29 is 23.9 Å². The van der Waals surface area contributed by atoms with Gasteiger partial charge < -0.3 is 19.7 Å². The fourth-order valence-electron chi connectivity index (χ4n) is 2.81. The van der Waals surface area contributed by atoms with Gasteiger partial charge in [-0.15, -0.1) is 13.2 Å². The van der Waals surface area contributed by atoms with Crippen LogP contribution in [-0.4, -0.2) is 53.7 Å². The molecule has 1 N–H and O–H groups in total. The predicted molar refractivity (Wildman–Crippen MR) is 103 cm³/mol. The number of rotatable bonds is 9. The fraction of sp³-hybridized carbons (Fsp3) is 0.650. The highest BCUT2D eigenvalue weighted by atomic mass is 16.6. The third kappa shape index (κ3) is 7.85. The van der Waals surface area contributed by atoms with E-state index in [9.17, 15) is 14.4 Å². The summed E-state index contributed by atoms with van der Waals surface area (Å²) in [6.07, 6.45) is 5.63. The highest BCUT2D eigenvalue weighted by Crippen LogP contribution is 2.21. The van der Waals surface area contributed by atoms with E-state index in [1.165, 1.54) is 4.90 Å². The Bertz CT molecular complexity index is 553. The molecule has 0 aromatic rings. The number of ether oxygens (including phenoxy) is 2. The number of hydrogen-bond acceptors (Lipinski definition) is 5. The summed E-state index contributed by atoms with van der Waals surface area (Å²) in [6, 6.07) is -1.44. The normalized spacial score (nSPS) is 17.7. The number of esters is 1. The second kappa shape index (κ2) is 10.7. The van der Waals surface area contributed by atoms with E-state index >= 15 is 0 Å². The van der Waals surface area contributed by atoms with Gasteiger partial charge in [0.15, 0.2) is 0 Å². The van der Waals surface area contributed by atoms with Gasteiger partial charge in [-0.2, -0.15) is 0 Å². The zero-order valence-electron chi connectivity index (χ0n) is 16.7. The largest absolute Gasteiger partial charge is 0.464 e. The number of carbonyl (C=O) groups is 3. The van der Waals surface area contributed by atoms with E-state index < -0.39 is 29.7 Å². The smallest absolute Gasteiger partial charge is 0.408 e. The zero-order valence-corrected chi connectivity index (χ0v) is 16.7. The number of amides is 2. The second-order valence-corrected chi connectivity index (χ2v) is 7.51. The first kappa shape index (κ1) is 22.7. The molecule has 7 heteroatoms. The summed E-state index contributed by atoms with van der Waals surface area (Å²) in [5.74, 6) is -0.731. The maximum atomic E-state index is 12.9. The van der Waals surface area contributed by atoms with Crippen molar-refractivity contribution in [1.82, 2.24) is 10.2 Å². The van der Waals surface area contributed by atoms with Gasteiger partial charge in [0.25, 0.3) is 0 Å². The Morgan fingerprint density at radius 1 is 1.26 bits per heavy atom. The van der Waals surface area contributed by atoms with Crippen LogP contribution in [0.15, 0.2) is 25.3 Å². The number of hydrogen-bond donors (Lipinski definition) is 1. The molecule has 0 aliphatic carbocycles. The average molecular weight is 380 g/mol. The van der Waals surface area contributed by atoms with E-state index in [4.69, 9.17) is 9.47 Å². The molecule has 0 bridgehead atoms. The van der Waals surface area contributed by atoms with Gasteiger partial charge in [0.2, 0.25) is 5.91 Å². The SMILES string of the molecule is C=CCCCOC(=O)C1CCCN1C(=O)[C@@H](CC=C)NC(=O)OC(C)(C)C. The number of nitrogens with one attached hydrogen (secondary N) is 1. The average Bonchev–Trinajstić information content (AvgIpc) is 3.05. The monoisotopic (exact) mass is 380 g/mol. The first-order valence-electron chi connectivity index (χ1n) is 9.38. The van der Waals surface area contributed by atoms with Gasteiger partial charge in [-0.05, 0) is 52.9 Å². The van der Waals surface area contributed by atoms with Crippen molar-refractivity contribution in [3.63, 3.8) is 0 Å². The molecule has 152 valence electrons. The minimum atomic E-state index is -0.827. The van der Waals surface area contributed by atoms with Crippen LogP contribution in [0.4, 0.5) is 4.79 Å². The number of allylic oxidation sites excluding steroid dienone is 1. The molecule has 1 fully saturated rings. The van der Waals surface area contributed by atoms with Crippen LogP contribution in [0.25, 0.3) is 0 Å². The predicted octanol–water partition coefficient (Wildman–Crippen LogP) is 2.96. The first-order valence-corrected chi connectivity index (χ1v) is 9.38. The van der Waals surface area contributed by atoms with Crippen LogP contribution in [0.1, 0.15) is 52.9 Å². The maximum absolute atomic E-state index is 12.9. The van der Waals surface area contributed by atoms with Crippen molar-refractivity contribution in [1.29, 1.82) is 0 Å². The lowest BCUT2D eigenvalue weighted by molar-refractivity contribution is -0.154. The molecular weight excluding hydrogens is 348 g/mol. The Hall–Kier alpha value is -2.31. The van der Waals surface area contributed by atoms with Crippen LogP contribution in [0, 0.1) is 0 Å². The molecular formula is C20H32N2O5. The van der Waals surface area contributed by atoms with Crippen LogP contribution in [-0.2, 0) is 19.1 Å². The van der Waals surface area contributed by atoms with Gasteiger partial charge in [0.1, 0.15) is 17.7 Å². The summed E-state index contributed by atoms with van der Waals surface area (Å²) in [7, 11) is 0. The minimum absolute atomic E-state index is 0.246. The standard InChI is InChI=1S/C20H32N2O5/c1-6-8-9-14-26-18(24)16-12-10-13-22(16)17(23)15(11-7-2)21-19(25)27-20(3,4)5/h6-7,15-16H,1-2,8-14H2,3-5H3,(H,21,25)/t15-,16?/m1/s1. The van der Waals surface area contributed by atoms with E-state index in [0.29, 0.717) is 32.4 Å². The molecule has 1 heterocycles. The lowest BCUT2D eigenvalue weighted by Gasteiger charge is -2.28. The van der Waals surface area contributed by atoms with Crippen molar-refractivity contribution in [2.75, 3.05) is 13.2 Å². The van der Waals surface area contributed by atoms with Crippen LogP contribution in [0.2, 0.25) is 0 Å². The van der Waals surface area contributed by atoms with Gasteiger partial charge in [-0.25, -0.2) is 9.59 Å². The van der Waals surface area contributed by atoms with Crippen LogP contribution in [0.3, 0.4) is 0 Å². The number of alkyl carbamates (subject to hydrolysis) is 1. The molecule has 1 unspecified atom stereocenters. The van der Waals surface area contributed by atoms with E-state index in [1.807, 2.05) is 0 Å². The molecule has 1 aliphatic rings. The molecule has 0 saturated carbocycles. The highest BCUT2D eigenvalue weighted by molar-refractivity contribution is 5.90. The lowest BCUT2D eigenvalue weighted by atomic mass is 10.1. The molecule has 2 atom stereocenters. The number of nitrogens with zero attached hydrogens (tertiary/aromatic N) is 1. The van der Waals surface area contributed by atoms with Crippen LogP contribution < -0.4 is 5.32 Å². The van der Waals surface area contributed by atoms with Crippen molar-refractivity contribution >= 4 is 18.0 Å². The minimum Gasteiger partial charge on any atom is -0.464 e. The van der Waals surface area contributed by atoms with Gasteiger partial charge in [-0.1, -0.05) is 12.2 Å². The summed E-state index contributed by atoms with van der Waals surface area (Å²) in [4.78, 5) is 38.8. The molecule has 0 radical (unpaired) electrons. The summed E-state index contributed by atoms with van der Waals surface area (Å²) >= 11 is 0. The first-order chi connectivity index (χ1) is 12.7. The van der Waals surface area contributed by atoms with E-state index in [2.05, 4.69) is 18.5 Å². The third-order valence-corrected chi connectivity index (χ3v) is 4.00. The summed E-state index contributed by atoms with van der Waals surface area (Å²) in [5, 5.41) is 2.58.